The van der Waals surface area contributed by atoms with Gasteiger partial charge in [0.25, 0.3) is 5.91 Å². The predicted molar refractivity (Wildman–Crippen MR) is 163 cm³/mol. The van der Waals surface area contributed by atoms with Gasteiger partial charge in [-0.2, -0.15) is 0 Å². The highest BCUT2D eigenvalue weighted by Gasteiger charge is 2.23. The van der Waals surface area contributed by atoms with E-state index in [2.05, 4.69) is 43.5 Å². The standard InChI is InChI=1S/C29H28FIN4O3S/c1-18(2)39(37,38)27-7-5-4-6-25(27)34-26-15-28(33-17-22(26)16-31)35-24-13-12-21(14-23(24)30)19-8-10-20(11-9-19)29(36)32-3/h4-15,17-18H,16H2,1-3H3,(H,32,36)(H2,33,34,35). The van der Waals surface area contributed by atoms with Crippen LogP contribution in [0.2, 0.25) is 0 Å². The number of benzene rings is 3. The normalized spacial score (nSPS) is 11.3. The smallest absolute Gasteiger partial charge is 0.251 e. The first-order valence-corrected chi connectivity index (χ1v) is 15.2. The van der Waals surface area contributed by atoms with Crippen LogP contribution in [0.25, 0.3) is 11.1 Å². The van der Waals surface area contributed by atoms with Gasteiger partial charge in [0.2, 0.25) is 0 Å². The van der Waals surface area contributed by atoms with Crippen molar-refractivity contribution in [3.05, 3.63) is 95.9 Å². The Labute approximate surface area is 241 Å². The van der Waals surface area contributed by atoms with Crippen LogP contribution in [-0.4, -0.2) is 31.6 Å². The summed E-state index contributed by atoms with van der Waals surface area (Å²) in [6.45, 7) is 3.30. The Balaban J connectivity index is 1.60. The number of hydrogen-bond donors (Lipinski definition) is 3. The molecule has 3 aromatic carbocycles. The van der Waals surface area contributed by atoms with Gasteiger partial charge in [0.05, 0.1) is 21.5 Å². The average Bonchev–Trinajstić information content (AvgIpc) is 2.94. The molecule has 0 fully saturated rings. The number of para-hydroxylation sites is 1. The van der Waals surface area contributed by atoms with Crippen molar-refractivity contribution in [2.24, 2.45) is 0 Å². The Morgan fingerprint density at radius 1 is 0.923 bits per heavy atom. The highest BCUT2D eigenvalue weighted by molar-refractivity contribution is 14.1. The van der Waals surface area contributed by atoms with Crippen LogP contribution in [-0.2, 0) is 14.3 Å². The lowest BCUT2D eigenvalue weighted by Crippen LogP contribution is -2.17. The molecule has 1 amide bonds. The quantitative estimate of drug-likeness (QED) is 0.134. The Morgan fingerprint density at radius 2 is 1.62 bits per heavy atom. The van der Waals surface area contributed by atoms with Crippen molar-refractivity contribution in [3.63, 3.8) is 0 Å². The van der Waals surface area contributed by atoms with E-state index in [1.807, 2.05) is 0 Å². The van der Waals surface area contributed by atoms with Gasteiger partial charge in [-0.05, 0) is 61.4 Å². The predicted octanol–water partition coefficient (Wildman–Crippen LogP) is 6.85. The molecule has 0 saturated heterocycles. The summed E-state index contributed by atoms with van der Waals surface area (Å²) in [5.74, 6) is -0.255. The molecule has 1 heterocycles. The van der Waals surface area contributed by atoms with Crippen molar-refractivity contribution in [1.82, 2.24) is 10.3 Å². The Morgan fingerprint density at radius 3 is 2.26 bits per heavy atom. The summed E-state index contributed by atoms with van der Waals surface area (Å²) < 4.78 is 41.5. The molecule has 0 aliphatic heterocycles. The second-order valence-corrected chi connectivity index (χ2v) is 12.3. The molecule has 4 aromatic rings. The Bertz CT molecular complexity index is 1610. The van der Waals surface area contributed by atoms with Crippen LogP contribution in [0.4, 0.5) is 27.3 Å². The lowest BCUT2D eigenvalue weighted by molar-refractivity contribution is 0.0963. The number of rotatable bonds is 9. The minimum atomic E-state index is -3.51. The van der Waals surface area contributed by atoms with Crippen LogP contribution in [0.15, 0.2) is 83.9 Å². The number of nitrogens with zero attached hydrogens (tertiary/aromatic N) is 1. The zero-order valence-corrected chi connectivity index (χ0v) is 24.6. The number of halogens is 2. The number of carbonyl (C=O) groups is 1. The molecule has 0 saturated carbocycles. The third-order valence-corrected chi connectivity index (χ3v) is 9.19. The second-order valence-electron chi connectivity index (χ2n) is 9.05. The molecule has 0 bridgehead atoms. The number of carbonyl (C=O) groups excluding carboxylic acids is 1. The molecule has 0 atom stereocenters. The molecule has 39 heavy (non-hydrogen) atoms. The highest BCUT2D eigenvalue weighted by Crippen LogP contribution is 2.32. The molecule has 4 rings (SSSR count). The van der Waals surface area contributed by atoms with Gasteiger partial charge in [-0.1, -0.05) is 52.9 Å². The van der Waals surface area contributed by atoms with Crippen molar-refractivity contribution in [2.75, 3.05) is 17.7 Å². The molecule has 202 valence electrons. The number of anilines is 4. The molecular formula is C29H28FIN4O3S. The Hall–Kier alpha value is -3.51. The number of pyridine rings is 1. The van der Waals surface area contributed by atoms with Gasteiger partial charge in [0.15, 0.2) is 9.84 Å². The van der Waals surface area contributed by atoms with Crippen molar-refractivity contribution in [2.45, 2.75) is 28.4 Å². The highest BCUT2D eigenvalue weighted by atomic mass is 127. The number of hydrogen-bond acceptors (Lipinski definition) is 6. The molecule has 7 nitrogen and oxygen atoms in total. The van der Waals surface area contributed by atoms with Gasteiger partial charge in [-0.15, -0.1) is 0 Å². The van der Waals surface area contributed by atoms with Crippen LogP contribution < -0.4 is 16.0 Å². The second kappa shape index (κ2) is 12.1. The zero-order chi connectivity index (χ0) is 28.2. The van der Waals surface area contributed by atoms with Crippen LogP contribution >= 0.6 is 22.6 Å². The number of nitrogens with one attached hydrogen (secondary N) is 3. The number of aromatic nitrogens is 1. The summed E-state index contributed by atoms with van der Waals surface area (Å²) >= 11 is 2.21. The van der Waals surface area contributed by atoms with Crippen LogP contribution in [0.3, 0.4) is 0 Å². The van der Waals surface area contributed by atoms with E-state index >= 15 is 4.39 Å². The largest absolute Gasteiger partial charge is 0.355 e. The average molecular weight is 659 g/mol. The van der Waals surface area contributed by atoms with Gasteiger partial charge in [-0.3, -0.25) is 4.79 Å². The molecule has 0 spiro atoms. The van der Waals surface area contributed by atoms with Crippen LogP contribution in [0.1, 0.15) is 29.8 Å². The molecule has 3 N–H and O–H groups in total. The summed E-state index contributed by atoms with van der Waals surface area (Å²) in [7, 11) is -1.95. The summed E-state index contributed by atoms with van der Waals surface area (Å²) in [6.07, 6.45) is 1.68. The fourth-order valence-electron chi connectivity index (χ4n) is 3.88. The molecule has 0 unspecified atom stereocenters. The van der Waals surface area contributed by atoms with E-state index in [1.54, 1.807) is 93.8 Å². The Kier molecular flexibility index (Phi) is 8.86. The molecular weight excluding hydrogens is 630 g/mol. The summed E-state index contributed by atoms with van der Waals surface area (Å²) in [6, 6.07) is 20.3. The van der Waals surface area contributed by atoms with Gasteiger partial charge in [0.1, 0.15) is 11.6 Å². The topological polar surface area (TPSA) is 100 Å². The first-order chi connectivity index (χ1) is 18.6. The van der Waals surface area contributed by atoms with Gasteiger partial charge >= 0.3 is 0 Å². The van der Waals surface area contributed by atoms with Crippen molar-refractivity contribution < 1.29 is 17.6 Å². The minimum Gasteiger partial charge on any atom is -0.355 e. The molecule has 0 radical (unpaired) electrons. The van der Waals surface area contributed by atoms with Crippen molar-refractivity contribution in [3.8, 4) is 11.1 Å². The fourth-order valence-corrected chi connectivity index (χ4v) is 5.69. The number of alkyl halides is 1. The van der Waals surface area contributed by atoms with Gasteiger partial charge in [-0.25, -0.2) is 17.8 Å². The van der Waals surface area contributed by atoms with Crippen molar-refractivity contribution >= 4 is 61.2 Å². The van der Waals surface area contributed by atoms with E-state index in [0.717, 1.165) is 11.1 Å². The summed E-state index contributed by atoms with van der Waals surface area (Å²) in [5, 5.41) is 8.28. The number of amides is 1. The minimum absolute atomic E-state index is 0.188. The first kappa shape index (κ1) is 28.5. The van der Waals surface area contributed by atoms with Crippen LogP contribution in [0.5, 0.6) is 0 Å². The number of sulfone groups is 1. The van der Waals surface area contributed by atoms with E-state index < -0.39 is 20.9 Å². The summed E-state index contributed by atoms with van der Waals surface area (Å²) in [5.41, 5.74) is 4.21. The lowest BCUT2D eigenvalue weighted by Gasteiger charge is -2.17. The van der Waals surface area contributed by atoms with E-state index in [0.29, 0.717) is 32.7 Å². The molecule has 0 aliphatic rings. The van der Waals surface area contributed by atoms with Gasteiger partial charge in [0, 0.05) is 40.6 Å². The molecule has 0 aliphatic carbocycles. The van der Waals surface area contributed by atoms with E-state index in [1.165, 1.54) is 6.07 Å². The maximum absolute atomic E-state index is 15.1. The molecule has 10 heteroatoms. The summed E-state index contributed by atoms with van der Waals surface area (Å²) in [4.78, 5) is 16.4. The fraction of sp³-hybridized carbons (Fsp3) is 0.172. The zero-order valence-electron chi connectivity index (χ0n) is 21.6. The maximum atomic E-state index is 15.1. The monoisotopic (exact) mass is 658 g/mol. The SMILES string of the molecule is CNC(=O)c1ccc(-c2ccc(Nc3cc(Nc4ccccc4S(=O)(=O)C(C)C)c(CI)cn3)c(F)c2)cc1. The lowest BCUT2D eigenvalue weighted by atomic mass is 10.0. The third-order valence-electron chi connectivity index (χ3n) is 6.15. The van der Waals surface area contributed by atoms with E-state index in [4.69, 9.17) is 0 Å². The maximum Gasteiger partial charge on any atom is 0.251 e. The molecule has 1 aromatic heterocycles. The van der Waals surface area contributed by atoms with E-state index in [-0.39, 0.29) is 16.5 Å². The van der Waals surface area contributed by atoms with Crippen LogP contribution in [0, 0.1) is 5.82 Å². The van der Waals surface area contributed by atoms with E-state index in [9.17, 15) is 13.2 Å². The van der Waals surface area contributed by atoms with Gasteiger partial charge < -0.3 is 16.0 Å². The first-order valence-electron chi connectivity index (χ1n) is 12.2. The third kappa shape index (κ3) is 6.39. The van der Waals surface area contributed by atoms with Crippen molar-refractivity contribution in [1.29, 1.82) is 0 Å².